The van der Waals surface area contributed by atoms with Crippen LogP contribution < -0.4 is 5.32 Å². The maximum absolute atomic E-state index is 10.9. The zero-order chi connectivity index (χ0) is 14.1. The molecule has 0 amide bonds. The average molecular weight is 288 g/mol. The Labute approximate surface area is 119 Å². The molecule has 0 atom stereocenters. The Hall–Kier alpha value is -1.07. The highest BCUT2D eigenvalue weighted by Crippen LogP contribution is 2.13. The number of ether oxygens (including phenoxy) is 1. The molecule has 0 fully saturated rings. The van der Waals surface area contributed by atoms with Crippen LogP contribution >= 0.6 is 11.6 Å². The number of methoxy groups -OCH3 is 1. The lowest BCUT2D eigenvalue weighted by molar-refractivity contribution is -0.140. The first-order chi connectivity index (χ1) is 9.17. The molecule has 0 aromatic carbocycles. The monoisotopic (exact) mass is 287 g/mol. The topological polar surface area (TPSA) is 67.0 Å². The molecule has 0 aliphatic rings. The molecule has 0 bridgehead atoms. The van der Waals surface area contributed by atoms with Gasteiger partial charge in [0.1, 0.15) is 5.82 Å². The van der Waals surface area contributed by atoms with Gasteiger partial charge in [0.25, 0.3) is 0 Å². The second kappa shape index (κ2) is 8.93. The number of aromatic amines is 1. The molecule has 0 unspecified atom stereocenters. The number of carbonyl (C=O) groups is 1. The van der Waals surface area contributed by atoms with Crippen molar-refractivity contribution in [3.8, 4) is 0 Å². The lowest BCUT2D eigenvalue weighted by Gasteiger charge is -2.03. The summed E-state index contributed by atoms with van der Waals surface area (Å²) in [6.07, 6.45) is 4.36. The Bertz CT molecular complexity index is 393. The number of imidazole rings is 1. The van der Waals surface area contributed by atoms with Crippen LogP contribution in [0.5, 0.6) is 0 Å². The Morgan fingerprint density at radius 3 is 2.95 bits per heavy atom. The first-order valence-corrected chi connectivity index (χ1v) is 7.06. The second-order valence-electron chi connectivity index (χ2n) is 4.41. The molecule has 5 nitrogen and oxygen atoms in total. The van der Waals surface area contributed by atoms with Crippen LogP contribution in [0.2, 0.25) is 5.15 Å². The number of rotatable bonds is 9. The molecule has 0 saturated carbocycles. The highest BCUT2D eigenvalue weighted by Gasteiger charge is 2.07. The predicted molar refractivity (Wildman–Crippen MR) is 75.2 cm³/mol. The van der Waals surface area contributed by atoms with Gasteiger partial charge in [-0.3, -0.25) is 4.79 Å². The number of H-pyrrole nitrogens is 1. The second-order valence-corrected chi connectivity index (χ2v) is 4.77. The minimum Gasteiger partial charge on any atom is -0.469 e. The summed E-state index contributed by atoms with van der Waals surface area (Å²) in [6, 6.07) is 0. The summed E-state index contributed by atoms with van der Waals surface area (Å²) in [5.41, 5.74) is 0.908. The number of aryl methyl sites for hydroxylation is 1. The van der Waals surface area contributed by atoms with E-state index in [2.05, 4.69) is 26.9 Å². The summed E-state index contributed by atoms with van der Waals surface area (Å²) >= 11 is 6.05. The lowest BCUT2D eigenvalue weighted by atomic mass is 10.2. The molecule has 0 radical (unpaired) electrons. The molecule has 6 heteroatoms. The number of hydrogen-bond acceptors (Lipinski definition) is 4. The van der Waals surface area contributed by atoms with Gasteiger partial charge in [-0.15, -0.1) is 0 Å². The van der Waals surface area contributed by atoms with Gasteiger partial charge >= 0.3 is 5.97 Å². The van der Waals surface area contributed by atoms with E-state index in [1.807, 2.05) is 0 Å². The number of halogens is 1. The first-order valence-electron chi connectivity index (χ1n) is 6.68. The fraction of sp³-hybridized carbons (Fsp3) is 0.692. The van der Waals surface area contributed by atoms with Crippen molar-refractivity contribution >= 4 is 17.6 Å². The van der Waals surface area contributed by atoms with Crippen LogP contribution in [0, 0.1) is 0 Å². The van der Waals surface area contributed by atoms with Crippen molar-refractivity contribution in [1.82, 2.24) is 15.3 Å². The van der Waals surface area contributed by atoms with Crippen LogP contribution in [0.25, 0.3) is 0 Å². The molecular formula is C13H22ClN3O2. The van der Waals surface area contributed by atoms with Crippen molar-refractivity contribution in [2.75, 3.05) is 13.7 Å². The van der Waals surface area contributed by atoms with Crippen LogP contribution in [-0.2, 0) is 22.5 Å². The number of nitrogens with one attached hydrogen (secondary N) is 2. The van der Waals surface area contributed by atoms with Gasteiger partial charge in [0, 0.05) is 19.4 Å². The quantitative estimate of drug-likeness (QED) is 0.541. The molecule has 0 aliphatic carbocycles. The minimum absolute atomic E-state index is 0.178. The zero-order valence-electron chi connectivity index (χ0n) is 11.6. The number of unbranched alkanes of at least 4 members (excludes halogenated alkanes) is 1. The Balaban J connectivity index is 2.25. The predicted octanol–water partition coefficient (Wildman–Crippen LogP) is 2.45. The number of carbonyl (C=O) groups excluding carboxylic acids is 1. The molecule has 1 aromatic heterocycles. The highest BCUT2D eigenvalue weighted by molar-refractivity contribution is 6.30. The van der Waals surface area contributed by atoms with Crippen molar-refractivity contribution in [3.63, 3.8) is 0 Å². The van der Waals surface area contributed by atoms with E-state index in [-0.39, 0.29) is 5.97 Å². The molecule has 0 aliphatic heterocycles. The summed E-state index contributed by atoms with van der Waals surface area (Å²) in [5.74, 6) is 0.765. The van der Waals surface area contributed by atoms with Gasteiger partial charge in [-0.25, -0.2) is 4.98 Å². The third-order valence-electron chi connectivity index (χ3n) is 2.81. The standard InChI is InChI=1S/C13H22ClN3O2/c1-3-4-6-11-16-10(13(14)17-11)9-15-8-5-7-12(18)19-2/h15H,3-9H2,1-2H3,(H,16,17). The first kappa shape index (κ1) is 16.0. The summed E-state index contributed by atoms with van der Waals surface area (Å²) in [6.45, 7) is 3.53. The SMILES string of the molecule is CCCCc1nc(Cl)c(CNCCCC(=O)OC)[nH]1. The van der Waals surface area contributed by atoms with Gasteiger partial charge < -0.3 is 15.0 Å². The normalized spacial score (nSPS) is 10.7. The summed E-state index contributed by atoms with van der Waals surface area (Å²) in [5, 5.41) is 3.76. The van der Waals surface area contributed by atoms with Gasteiger partial charge in [-0.2, -0.15) is 0 Å². The molecule has 2 N–H and O–H groups in total. The molecule has 108 valence electrons. The van der Waals surface area contributed by atoms with Gasteiger partial charge in [0.15, 0.2) is 5.15 Å². The molecule has 1 heterocycles. The van der Waals surface area contributed by atoms with Gasteiger partial charge in [0.2, 0.25) is 0 Å². The van der Waals surface area contributed by atoms with Crippen LogP contribution in [-0.4, -0.2) is 29.6 Å². The molecule has 1 rings (SSSR count). The van der Waals surface area contributed by atoms with Gasteiger partial charge in [-0.1, -0.05) is 24.9 Å². The fourth-order valence-corrected chi connectivity index (χ4v) is 1.91. The third kappa shape index (κ3) is 6.07. The lowest BCUT2D eigenvalue weighted by Crippen LogP contribution is -2.16. The molecule has 1 aromatic rings. The summed E-state index contributed by atoms with van der Waals surface area (Å²) < 4.78 is 4.57. The number of nitrogens with zero attached hydrogens (tertiary/aromatic N) is 1. The zero-order valence-corrected chi connectivity index (χ0v) is 12.3. The van der Waals surface area contributed by atoms with Gasteiger partial charge in [0.05, 0.1) is 12.8 Å². The maximum atomic E-state index is 10.9. The smallest absolute Gasteiger partial charge is 0.305 e. The van der Waals surface area contributed by atoms with E-state index in [1.165, 1.54) is 7.11 Å². The van der Waals surface area contributed by atoms with Crippen LogP contribution in [0.3, 0.4) is 0 Å². The van der Waals surface area contributed by atoms with E-state index in [0.29, 0.717) is 18.1 Å². The average Bonchev–Trinajstić information content (AvgIpc) is 2.76. The maximum Gasteiger partial charge on any atom is 0.305 e. The van der Waals surface area contributed by atoms with Crippen molar-refractivity contribution in [2.45, 2.75) is 45.6 Å². The molecular weight excluding hydrogens is 266 g/mol. The van der Waals surface area contributed by atoms with E-state index in [9.17, 15) is 4.79 Å². The molecule has 19 heavy (non-hydrogen) atoms. The van der Waals surface area contributed by atoms with E-state index in [4.69, 9.17) is 11.6 Å². The van der Waals surface area contributed by atoms with Crippen molar-refractivity contribution in [2.24, 2.45) is 0 Å². The number of aromatic nitrogens is 2. The fourth-order valence-electron chi connectivity index (χ4n) is 1.69. The van der Waals surface area contributed by atoms with E-state index in [1.54, 1.807) is 0 Å². The largest absolute Gasteiger partial charge is 0.469 e. The molecule has 0 spiro atoms. The van der Waals surface area contributed by atoms with E-state index in [0.717, 1.165) is 43.7 Å². The van der Waals surface area contributed by atoms with Gasteiger partial charge in [-0.05, 0) is 19.4 Å². The van der Waals surface area contributed by atoms with Crippen molar-refractivity contribution < 1.29 is 9.53 Å². The Kier molecular flexibility index (Phi) is 7.52. The highest BCUT2D eigenvalue weighted by atomic mass is 35.5. The number of esters is 1. The molecule has 0 saturated heterocycles. The van der Waals surface area contributed by atoms with Crippen LogP contribution in [0.15, 0.2) is 0 Å². The Morgan fingerprint density at radius 2 is 2.26 bits per heavy atom. The minimum atomic E-state index is -0.178. The van der Waals surface area contributed by atoms with E-state index >= 15 is 0 Å². The Morgan fingerprint density at radius 1 is 1.47 bits per heavy atom. The summed E-state index contributed by atoms with van der Waals surface area (Å²) in [4.78, 5) is 18.4. The summed E-state index contributed by atoms with van der Waals surface area (Å²) in [7, 11) is 1.40. The number of hydrogen-bond donors (Lipinski definition) is 2. The third-order valence-corrected chi connectivity index (χ3v) is 3.12. The van der Waals surface area contributed by atoms with Crippen LogP contribution in [0.4, 0.5) is 0 Å². The van der Waals surface area contributed by atoms with Crippen molar-refractivity contribution in [3.05, 3.63) is 16.7 Å². The van der Waals surface area contributed by atoms with E-state index < -0.39 is 0 Å². The van der Waals surface area contributed by atoms with Crippen LogP contribution in [0.1, 0.15) is 44.1 Å². The van der Waals surface area contributed by atoms with Crippen molar-refractivity contribution in [1.29, 1.82) is 0 Å².